The van der Waals surface area contributed by atoms with Gasteiger partial charge >= 0.3 is 0 Å². The summed E-state index contributed by atoms with van der Waals surface area (Å²) in [7, 11) is 0. The van der Waals surface area contributed by atoms with Crippen LogP contribution >= 0.6 is 0 Å². The lowest BCUT2D eigenvalue weighted by molar-refractivity contribution is 0.332. The van der Waals surface area contributed by atoms with E-state index >= 15 is 0 Å². The van der Waals surface area contributed by atoms with E-state index in [1.165, 1.54) is 46.5 Å². The molecule has 130 valence electrons. The van der Waals surface area contributed by atoms with Gasteiger partial charge < -0.3 is 5.32 Å². The van der Waals surface area contributed by atoms with Crippen LogP contribution in [0.15, 0.2) is 54.9 Å². The monoisotopic (exact) mass is 341 g/mol. The van der Waals surface area contributed by atoms with Crippen LogP contribution in [-0.2, 0) is 0 Å². The Kier molecular flexibility index (Phi) is 3.83. The van der Waals surface area contributed by atoms with E-state index in [1.807, 2.05) is 18.5 Å². The Bertz CT molecular complexity index is 943. The van der Waals surface area contributed by atoms with Crippen molar-refractivity contribution in [2.24, 2.45) is 5.92 Å². The molecule has 0 radical (unpaired) electrons. The Balaban J connectivity index is 1.53. The van der Waals surface area contributed by atoms with E-state index in [0.29, 0.717) is 11.8 Å². The van der Waals surface area contributed by atoms with Crippen molar-refractivity contribution in [2.45, 2.75) is 25.7 Å². The zero-order valence-corrected chi connectivity index (χ0v) is 15.1. The number of rotatable bonds is 4. The van der Waals surface area contributed by atoms with E-state index in [1.54, 1.807) is 0 Å². The summed E-state index contributed by atoms with van der Waals surface area (Å²) in [6, 6.07) is 14.9. The fourth-order valence-corrected chi connectivity index (χ4v) is 4.24. The Hall–Kier alpha value is -2.52. The Morgan fingerprint density at radius 3 is 2.69 bits per heavy atom. The quantitative estimate of drug-likeness (QED) is 0.574. The van der Waals surface area contributed by atoms with Gasteiger partial charge in [-0.1, -0.05) is 37.3 Å². The molecule has 0 amide bonds. The molecule has 1 aromatic carbocycles. The molecule has 2 unspecified atom stereocenters. The molecule has 2 aromatic rings. The van der Waals surface area contributed by atoms with Crippen LogP contribution in [-0.4, -0.2) is 23.1 Å². The van der Waals surface area contributed by atoms with Gasteiger partial charge in [0.15, 0.2) is 0 Å². The van der Waals surface area contributed by atoms with Crippen LogP contribution in [0.1, 0.15) is 31.4 Å². The summed E-state index contributed by atoms with van der Waals surface area (Å²) in [6.45, 7) is 4.60. The fourth-order valence-electron chi connectivity index (χ4n) is 4.24. The normalized spacial score (nSPS) is 19.2. The summed E-state index contributed by atoms with van der Waals surface area (Å²) in [5.74, 6) is 1.14. The van der Waals surface area contributed by atoms with Crippen molar-refractivity contribution in [2.75, 3.05) is 13.1 Å². The lowest BCUT2D eigenvalue weighted by atomic mass is 9.83. The van der Waals surface area contributed by atoms with E-state index in [-0.39, 0.29) is 0 Å². The van der Waals surface area contributed by atoms with Gasteiger partial charge in [0, 0.05) is 40.6 Å². The SMILES string of the molecule is CC(c1nc2cc-2c1-c1cncc(-c2ccccc2)c1)C1CCCNC1. The van der Waals surface area contributed by atoms with Crippen LogP contribution in [0.2, 0.25) is 0 Å². The highest BCUT2D eigenvalue weighted by molar-refractivity contribution is 5.95. The lowest BCUT2D eigenvalue weighted by Gasteiger charge is -2.28. The second-order valence-electron chi connectivity index (χ2n) is 7.54. The Labute approximate surface area is 154 Å². The van der Waals surface area contributed by atoms with Gasteiger partial charge in [0.05, 0.1) is 11.4 Å². The number of aromatic nitrogens is 2. The minimum Gasteiger partial charge on any atom is -0.316 e. The first-order valence-corrected chi connectivity index (χ1v) is 9.58. The molecule has 1 fully saturated rings. The Morgan fingerprint density at radius 1 is 1.04 bits per heavy atom. The lowest BCUT2D eigenvalue weighted by Crippen LogP contribution is -2.32. The molecule has 0 saturated carbocycles. The largest absolute Gasteiger partial charge is 0.316 e. The van der Waals surface area contributed by atoms with Crippen LogP contribution in [0.25, 0.3) is 33.5 Å². The molecule has 1 saturated heterocycles. The van der Waals surface area contributed by atoms with Gasteiger partial charge in [0.25, 0.3) is 0 Å². The Morgan fingerprint density at radius 2 is 1.88 bits per heavy atom. The molecule has 0 spiro atoms. The smallest absolute Gasteiger partial charge is 0.0720 e. The molecule has 1 aromatic heterocycles. The van der Waals surface area contributed by atoms with Crippen LogP contribution in [0, 0.1) is 5.92 Å². The van der Waals surface area contributed by atoms with E-state index < -0.39 is 0 Å². The number of fused-ring (bicyclic) bond motifs is 1. The van der Waals surface area contributed by atoms with Gasteiger partial charge in [-0.2, -0.15) is 0 Å². The standard InChI is InChI=1S/C23H23N3/c1-15(17-8-5-9-24-12-17)23-22(20-11-21(20)26-23)19-10-18(13-25-14-19)16-6-3-2-4-7-16/h2-4,6-7,10-11,13-15,17,24H,5,8-9,12H2,1H3. The van der Waals surface area contributed by atoms with Gasteiger partial charge in [-0.3, -0.25) is 9.97 Å². The molecule has 1 N–H and O–H groups in total. The predicted octanol–water partition coefficient (Wildman–Crippen LogP) is 4.89. The van der Waals surface area contributed by atoms with E-state index in [2.05, 4.69) is 53.6 Å². The number of nitrogens with zero attached hydrogens (tertiary/aromatic N) is 2. The number of nitrogens with one attached hydrogen (secondary N) is 1. The van der Waals surface area contributed by atoms with Crippen molar-refractivity contribution in [3.05, 3.63) is 60.6 Å². The maximum atomic E-state index is 4.95. The van der Waals surface area contributed by atoms with Crippen molar-refractivity contribution >= 4 is 0 Å². The number of benzene rings is 1. The van der Waals surface area contributed by atoms with Crippen molar-refractivity contribution in [1.82, 2.24) is 15.3 Å². The molecule has 1 aliphatic carbocycles. The molecule has 3 heteroatoms. The highest BCUT2D eigenvalue weighted by Gasteiger charge is 2.32. The molecule has 2 aliphatic heterocycles. The molecule has 2 atom stereocenters. The van der Waals surface area contributed by atoms with Gasteiger partial charge in [-0.05, 0) is 49.5 Å². The maximum Gasteiger partial charge on any atom is 0.0720 e. The molecule has 5 rings (SSSR count). The zero-order valence-electron chi connectivity index (χ0n) is 15.1. The third-order valence-corrected chi connectivity index (χ3v) is 5.85. The first-order chi connectivity index (χ1) is 12.8. The zero-order chi connectivity index (χ0) is 17.5. The molecule has 3 heterocycles. The summed E-state index contributed by atoms with van der Waals surface area (Å²) >= 11 is 0. The van der Waals surface area contributed by atoms with Gasteiger partial charge in [-0.25, -0.2) is 0 Å². The number of hydrogen-bond acceptors (Lipinski definition) is 3. The van der Waals surface area contributed by atoms with E-state index in [0.717, 1.165) is 18.7 Å². The third kappa shape index (κ3) is 2.73. The van der Waals surface area contributed by atoms with E-state index in [9.17, 15) is 0 Å². The molecule has 3 nitrogen and oxygen atoms in total. The minimum absolute atomic E-state index is 0.472. The maximum absolute atomic E-state index is 4.95. The summed E-state index contributed by atoms with van der Waals surface area (Å²) < 4.78 is 0. The van der Waals surface area contributed by atoms with Gasteiger partial charge in [0.2, 0.25) is 0 Å². The fraction of sp³-hybridized carbons (Fsp3) is 0.304. The number of pyridine rings is 2. The molecule has 3 aliphatic rings. The summed E-state index contributed by atoms with van der Waals surface area (Å²) in [6.07, 6.45) is 6.50. The van der Waals surface area contributed by atoms with E-state index in [4.69, 9.17) is 4.98 Å². The van der Waals surface area contributed by atoms with Crippen LogP contribution in [0.3, 0.4) is 0 Å². The molecule has 26 heavy (non-hydrogen) atoms. The predicted molar refractivity (Wildman–Crippen MR) is 106 cm³/mol. The highest BCUT2D eigenvalue weighted by Crippen LogP contribution is 2.48. The van der Waals surface area contributed by atoms with Crippen molar-refractivity contribution < 1.29 is 0 Å². The molecular weight excluding hydrogens is 318 g/mol. The van der Waals surface area contributed by atoms with Gasteiger partial charge in [0.1, 0.15) is 0 Å². The van der Waals surface area contributed by atoms with Crippen molar-refractivity contribution in [1.29, 1.82) is 0 Å². The van der Waals surface area contributed by atoms with Crippen LogP contribution in [0.5, 0.6) is 0 Å². The third-order valence-electron chi connectivity index (χ3n) is 5.85. The average Bonchev–Trinajstić information content (AvgIpc) is 3.38. The van der Waals surface area contributed by atoms with Gasteiger partial charge in [-0.15, -0.1) is 0 Å². The second-order valence-corrected chi connectivity index (χ2v) is 7.54. The molecular formula is C23H23N3. The summed E-state index contributed by atoms with van der Waals surface area (Å²) in [4.78, 5) is 9.49. The highest BCUT2D eigenvalue weighted by atomic mass is 14.9. The van der Waals surface area contributed by atoms with Crippen molar-refractivity contribution in [3.63, 3.8) is 0 Å². The topological polar surface area (TPSA) is 37.8 Å². The second kappa shape index (κ2) is 6.33. The summed E-state index contributed by atoms with van der Waals surface area (Å²) in [5.41, 5.74) is 8.63. The minimum atomic E-state index is 0.472. The first kappa shape index (κ1) is 15.7. The van der Waals surface area contributed by atoms with Crippen molar-refractivity contribution in [3.8, 4) is 33.5 Å². The number of piperidine rings is 1. The molecule has 0 bridgehead atoms. The average molecular weight is 341 g/mol. The first-order valence-electron chi connectivity index (χ1n) is 9.58. The summed E-state index contributed by atoms with van der Waals surface area (Å²) in [5, 5.41) is 3.55. The number of hydrogen-bond donors (Lipinski definition) is 1. The van der Waals surface area contributed by atoms with Crippen LogP contribution in [0.4, 0.5) is 0 Å². The van der Waals surface area contributed by atoms with Crippen LogP contribution < -0.4 is 5.32 Å².